The van der Waals surface area contributed by atoms with E-state index in [1.165, 1.54) is 6.92 Å². The van der Waals surface area contributed by atoms with E-state index in [1.807, 2.05) is 0 Å². The topological polar surface area (TPSA) is 245 Å². The summed E-state index contributed by atoms with van der Waals surface area (Å²) in [5, 5.41) is 8.04. The van der Waals surface area contributed by atoms with Gasteiger partial charge in [-0.2, -0.15) is 0 Å². The molecular formula is C47H70N4O18. The van der Waals surface area contributed by atoms with Crippen molar-refractivity contribution in [2.45, 2.75) is 25.8 Å². The monoisotopic (exact) mass is 978 g/mol. The molecule has 4 rings (SSSR count). The summed E-state index contributed by atoms with van der Waals surface area (Å²) in [6.45, 7) is 12.9. The lowest BCUT2D eigenvalue weighted by Crippen LogP contribution is -2.54. The second kappa shape index (κ2) is 36.3. The molecule has 69 heavy (non-hydrogen) atoms. The van der Waals surface area contributed by atoms with Gasteiger partial charge in [0.25, 0.3) is 11.8 Å². The van der Waals surface area contributed by atoms with E-state index >= 15 is 0 Å². The average molecular weight is 979 g/mol. The molecule has 5 amide bonds. The van der Waals surface area contributed by atoms with Crippen LogP contribution in [0.1, 0.15) is 40.5 Å². The van der Waals surface area contributed by atoms with E-state index in [0.29, 0.717) is 183 Å². The molecule has 0 radical (unpaired) electrons. The number of nitrogens with zero attached hydrogens (tertiary/aromatic N) is 1. The van der Waals surface area contributed by atoms with Crippen molar-refractivity contribution < 1.29 is 85.6 Å². The van der Waals surface area contributed by atoms with Gasteiger partial charge in [0, 0.05) is 31.3 Å². The lowest BCUT2D eigenvalue weighted by atomic mass is 10.0. The maximum atomic E-state index is 13.2. The number of anilines is 2. The Kier molecular flexibility index (Phi) is 29.9. The van der Waals surface area contributed by atoms with Crippen LogP contribution < -0.4 is 20.7 Å². The number of ether oxygens (including phenoxy) is 13. The van der Waals surface area contributed by atoms with Gasteiger partial charge in [0.15, 0.2) is 0 Å². The van der Waals surface area contributed by atoms with Gasteiger partial charge in [-0.15, -0.1) is 0 Å². The van der Waals surface area contributed by atoms with Crippen molar-refractivity contribution in [3.8, 4) is 5.75 Å². The first-order valence-electron chi connectivity index (χ1n) is 23.4. The molecule has 22 nitrogen and oxygen atoms in total. The highest BCUT2D eigenvalue weighted by molar-refractivity contribution is 6.25. The molecule has 0 spiro atoms. The number of carbonyl (C=O) groups excluding carboxylic acids is 5. The Morgan fingerprint density at radius 3 is 1.35 bits per heavy atom. The summed E-state index contributed by atoms with van der Waals surface area (Å²) >= 11 is 0. The minimum atomic E-state index is -1.02. The van der Waals surface area contributed by atoms with E-state index in [1.54, 1.807) is 42.5 Å². The lowest BCUT2D eigenvalue weighted by molar-refractivity contribution is -0.136. The molecule has 2 aliphatic heterocycles. The maximum Gasteiger partial charge on any atom is 0.264 e. The third-order valence-corrected chi connectivity index (χ3v) is 9.79. The number of imide groups is 2. The molecule has 1 fully saturated rings. The Morgan fingerprint density at radius 1 is 0.536 bits per heavy atom. The van der Waals surface area contributed by atoms with Crippen molar-refractivity contribution in [1.82, 2.24) is 10.2 Å². The second-order valence-electron chi connectivity index (χ2n) is 15.0. The number of fused-ring (bicyclic) bond motifs is 1. The molecular weight excluding hydrogens is 909 g/mol. The van der Waals surface area contributed by atoms with Crippen molar-refractivity contribution in [3.05, 3.63) is 53.6 Å². The molecule has 0 aliphatic carbocycles. The van der Waals surface area contributed by atoms with Gasteiger partial charge in [0.1, 0.15) is 18.4 Å². The summed E-state index contributed by atoms with van der Waals surface area (Å²) < 4.78 is 71.8. The predicted molar refractivity (Wildman–Crippen MR) is 248 cm³/mol. The number of hydrogen-bond acceptors (Lipinski definition) is 19. The van der Waals surface area contributed by atoms with Crippen LogP contribution in [0.5, 0.6) is 5.75 Å². The number of nitrogens with one attached hydrogen (secondary N) is 3. The van der Waals surface area contributed by atoms with Gasteiger partial charge in [0.2, 0.25) is 17.7 Å². The zero-order valence-corrected chi connectivity index (χ0v) is 39.7. The fourth-order valence-electron chi connectivity index (χ4n) is 6.50. The summed E-state index contributed by atoms with van der Waals surface area (Å²) in [4.78, 5) is 62.0. The third-order valence-electron chi connectivity index (χ3n) is 9.79. The molecule has 0 aromatic heterocycles. The lowest BCUT2D eigenvalue weighted by Gasteiger charge is -2.27. The number of hydrogen-bond donors (Lipinski definition) is 3. The van der Waals surface area contributed by atoms with Gasteiger partial charge in [-0.3, -0.25) is 34.2 Å². The highest BCUT2D eigenvalue weighted by Crippen LogP contribution is 2.32. The summed E-state index contributed by atoms with van der Waals surface area (Å²) in [6.07, 6.45) is 0.159. The van der Waals surface area contributed by atoms with E-state index in [-0.39, 0.29) is 29.9 Å². The maximum absolute atomic E-state index is 13.2. The largest absolute Gasteiger partial charge is 0.491 e. The predicted octanol–water partition coefficient (Wildman–Crippen LogP) is 1.74. The van der Waals surface area contributed by atoms with Crippen LogP contribution in [0, 0.1) is 0 Å². The Hall–Kier alpha value is -4.69. The fourth-order valence-corrected chi connectivity index (χ4v) is 6.50. The SMILES string of the molecule is CC(=O)Nc1ccc(OCCOCCOCCOCCOCCOCCOCCOCCOCCOCCOCCOCCOCCNc2cccc3c2C(=O)N(C2CCC(=O)NC2=O)C3=O)cc1. The number of benzene rings is 2. The Labute approximate surface area is 403 Å². The molecule has 2 aromatic rings. The number of carbonyl (C=O) groups is 5. The van der Waals surface area contributed by atoms with Gasteiger partial charge in [0.05, 0.1) is 170 Å². The Morgan fingerprint density at radius 2 is 0.942 bits per heavy atom. The molecule has 3 N–H and O–H groups in total. The minimum absolute atomic E-state index is 0.0606. The quantitative estimate of drug-likeness (QED) is 0.0633. The normalized spacial score (nSPS) is 14.6. The molecule has 0 bridgehead atoms. The van der Waals surface area contributed by atoms with Crippen LogP contribution in [0.2, 0.25) is 0 Å². The van der Waals surface area contributed by atoms with Crippen LogP contribution in [0.25, 0.3) is 0 Å². The number of piperidine rings is 1. The van der Waals surface area contributed by atoms with E-state index in [4.69, 9.17) is 61.6 Å². The van der Waals surface area contributed by atoms with Crippen molar-refractivity contribution in [2.24, 2.45) is 0 Å². The highest BCUT2D eigenvalue weighted by Gasteiger charge is 2.45. The summed E-state index contributed by atoms with van der Waals surface area (Å²) in [5.41, 5.74) is 1.61. The highest BCUT2D eigenvalue weighted by atomic mass is 16.6. The molecule has 386 valence electrons. The van der Waals surface area contributed by atoms with Gasteiger partial charge < -0.3 is 72.2 Å². The van der Waals surface area contributed by atoms with Crippen LogP contribution >= 0.6 is 0 Å². The molecule has 1 unspecified atom stereocenters. The fraction of sp³-hybridized carbons (Fsp3) is 0.638. The van der Waals surface area contributed by atoms with Crippen LogP contribution in [-0.2, 0) is 71.2 Å². The number of amides is 5. The van der Waals surface area contributed by atoms with Crippen molar-refractivity contribution in [1.29, 1.82) is 0 Å². The van der Waals surface area contributed by atoms with E-state index < -0.39 is 29.7 Å². The summed E-state index contributed by atoms with van der Waals surface area (Å²) in [7, 11) is 0. The van der Waals surface area contributed by atoms with Crippen LogP contribution in [0.15, 0.2) is 42.5 Å². The molecule has 2 aliphatic rings. The van der Waals surface area contributed by atoms with Gasteiger partial charge in [-0.1, -0.05) is 6.07 Å². The van der Waals surface area contributed by atoms with Crippen LogP contribution in [-0.4, -0.2) is 212 Å². The van der Waals surface area contributed by atoms with Crippen LogP contribution in [0.3, 0.4) is 0 Å². The molecule has 1 atom stereocenters. The minimum Gasteiger partial charge on any atom is -0.491 e. The number of rotatable bonds is 43. The molecule has 1 saturated heterocycles. The molecule has 2 aromatic carbocycles. The Bertz CT molecular complexity index is 1770. The van der Waals surface area contributed by atoms with Gasteiger partial charge >= 0.3 is 0 Å². The van der Waals surface area contributed by atoms with E-state index in [2.05, 4.69) is 16.0 Å². The van der Waals surface area contributed by atoms with Crippen molar-refractivity contribution in [3.63, 3.8) is 0 Å². The van der Waals surface area contributed by atoms with Gasteiger partial charge in [-0.05, 0) is 42.8 Å². The zero-order valence-electron chi connectivity index (χ0n) is 39.7. The first kappa shape index (κ1) is 56.9. The summed E-state index contributed by atoms with van der Waals surface area (Å²) in [5.74, 6) is -1.60. The van der Waals surface area contributed by atoms with Gasteiger partial charge in [-0.25, -0.2) is 0 Å². The smallest absolute Gasteiger partial charge is 0.264 e. The van der Waals surface area contributed by atoms with E-state index in [0.717, 1.165) is 10.6 Å². The van der Waals surface area contributed by atoms with Crippen LogP contribution in [0.4, 0.5) is 11.4 Å². The summed E-state index contributed by atoms with van der Waals surface area (Å²) in [6, 6.07) is 11.0. The third kappa shape index (κ3) is 24.1. The van der Waals surface area contributed by atoms with Crippen molar-refractivity contribution in [2.75, 3.05) is 182 Å². The van der Waals surface area contributed by atoms with E-state index in [9.17, 15) is 24.0 Å². The van der Waals surface area contributed by atoms with Crippen molar-refractivity contribution >= 4 is 40.9 Å². The Balaban J connectivity index is 0.780. The molecule has 22 heteroatoms. The molecule has 2 heterocycles. The first-order valence-corrected chi connectivity index (χ1v) is 23.4. The standard InChI is InChI=1S/C47H70N4O18/c1-37(52)49-38-5-7-39(8-6-38)69-36-35-68-34-33-67-32-31-66-30-29-65-28-27-64-26-25-63-24-23-62-22-21-61-20-19-60-18-17-59-16-15-58-14-13-57-12-11-48-41-4-2-3-40-44(41)47(56)51(46(40)55)42-9-10-43(53)50-45(42)54/h2-8,42,48H,9-36H2,1H3,(H,49,52)(H,50,53,54). The zero-order chi connectivity index (χ0) is 49.0. The molecule has 0 saturated carbocycles. The average Bonchev–Trinajstić information content (AvgIpc) is 3.59. The second-order valence-corrected chi connectivity index (χ2v) is 15.0. The first-order chi connectivity index (χ1) is 33.8.